The first-order chi connectivity index (χ1) is 13.1. The van der Waals surface area contributed by atoms with Crippen molar-refractivity contribution >= 4 is 6.03 Å². The number of nitrogens with zero attached hydrogens (tertiary/aromatic N) is 3. The van der Waals surface area contributed by atoms with Gasteiger partial charge in [-0.1, -0.05) is 6.07 Å². The van der Waals surface area contributed by atoms with Crippen LogP contribution in [0, 0.1) is 5.92 Å². The Morgan fingerprint density at radius 3 is 2.56 bits per heavy atom. The Morgan fingerprint density at radius 2 is 1.93 bits per heavy atom. The summed E-state index contributed by atoms with van der Waals surface area (Å²) in [5, 5.41) is 12.6. The molecule has 4 aliphatic rings. The zero-order chi connectivity index (χ0) is 18.8. The number of carbonyl (C=O) groups is 1. The van der Waals surface area contributed by atoms with Crippen LogP contribution in [0.3, 0.4) is 0 Å². The summed E-state index contributed by atoms with van der Waals surface area (Å²) in [7, 11) is 1.52. The highest BCUT2D eigenvalue weighted by atomic mass is 16.5. The number of carbonyl (C=O) groups excluding carboxylic acids is 1. The first-order valence-corrected chi connectivity index (χ1v) is 9.99. The van der Waals surface area contributed by atoms with Gasteiger partial charge in [0.05, 0.1) is 7.11 Å². The normalized spacial score (nSPS) is 28.2. The lowest BCUT2D eigenvalue weighted by molar-refractivity contribution is -0.0103. The van der Waals surface area contributed by atoms with Crippen LogP contribution < -0.4 is 10.1 Å². The smallest absolute Gasteiger partial charge is 0.317 e. The van der Waals surface area contributed by atoms with Gasteiger partial charge in [0, 0.05) is 45.3 Å². The molecule has 27 heavy (non-hydrogen) atoms. The van der Waals surface area contributed by atoms with Gasteiger partial charge in [0.2, 0.25) is 0 Å². The van der Waals surface area contributed by atoms with Gasteiger partial charge in [-0.15, -0.1) is 0 Å². The standard InChI is InChI=1S/C20H30N4O3/c1-27-19-12-15(2-3-18(19)25)13-21-20(26)24-10-8-23(9-11-24)17-14-22-6-4-16(17)5-7-22/h2-3,12,16-17,25H,4-11,13-14H2,1H3,(H,21,26). The average molecular weight is 374 g/mol. The summed E-state index contributed by atoms with van der Waals surface area (Å²) in [6.45, 7) is 7.68. The lowest BCUT2D eigenvalue weighted by Gasteiger charge is -2.50. The number of hydrogen-bond donors (Lipinski definition) is 2. The molecule has 4 saturated heterocycles. The second-order valence-corrected chi connectivity index (χ2v) is 7.89. The van der Waals surface area contributed by atoms with Gasteiger partial charge >= 0.3 is 6.03 Å². The first kappa shape index (κ1) is 18.4. The van der Waals surface area contributed by atoms with E-state index in [1.165, 1.54) is 39.6 Å². The highest BCUT2D eigenvalue weighted by Crippen LogP contribution is 2.31. The first-order valence-electron chi connectivity index (χ1n) is 9.99. The summed E-state index contributed by atoms with van der Waals surface area (Å²) in [6.07, 6.45) is 2.67. The molecule has 148 valence electrons. The highest BCUT2D eigenvalue weighted by molar-refractivity contribution is 5.74. The second kappa shape index (κ2) is 7.94. The molecule has 0 aromatic heterocycles. The van der Waals surface area contributed by atoms with Crippen molar-refractivity contribution in [2.45, 2.75) is 25.4 Å². The van der Waals surface area contributed by atoms with Crippen molar-refractivity contribution in [1.29, 1.82) is 0 Å². The molecule has 1 aromatic rings. The Bertz CT molecular complexity index is 667. The molecule has 2 bridgehead atoms. The van der Waals surface area contributed by atoms with Gasteiger partial charge in [-0.25, -0.2) is 4.79 Å². The van der Waals surface area contributed by atoms with E-state index >= 15 is 0 Å². The third kappa shape index (κ3) is 3.99. The number of rotatable bonds is 4. The van der Waals surface area contributed by atoms with Gasteiger partial charge < -0.3 is 25.0 Å². The number of phenolic OH excluding ortho intramolecular Hbond substituents is 1. The molecule has 0 radical (unpaired) electrons. The van der Waals surface area contributed by atoms with Crippen LogP contribution in [0.1, 0.15) is 18.4 Å². The minimum atomic E-state index is -0.0180. The van der Waals surface area contributed by atoms with E-state index in [1.54, 1.807) is 18.2 Å². The number of hydrogen-bond acceptors (Lipinski definition) is 5. The van der Waals surface area contributed by atoms with E-state index in [9.17, 15) is 9.90 Å². The average Bonchev–Trinajstić information content (AvgIpc) is 2.74. The van der Waals surface area contributed by atoms with Crippen LogP contribution >= 0.6 is 0 Å². The largest absolute Gasteiger partial charge is 0.504 e. The lowest BCUT2D eigenvalue weighted by Crippen LogP contribution is -2.62. The molecule has 0 spiro atoms. The molecule has 1 aromatic carbocycles. The number of piperidine rings is 3. The Balaban J connectivity index is 1.25. The predicted molar refractivity (Wildman–Crippen MR) is 103 cm³/mol. The van der Waals surface area contributed by atoms with Gasteiger partial charge in [-0.05, 0) is 49.5 Å². The maximum Gasteiger partial charge on any atom is 0.317 e. The van der Waals surface area contributed by atoms with Crippen LogP contribution in [0.4, 0.5) is 4.79 Å². The Labute approximate surface area is 160 Å². The van der Waals surface area contributed by atoms with Crippen molar-refractivity contribution < 1.29 is 14.6 Å². The number of urea groups is 1. The van der Waals surface area contributed by atoms with Crippen molar-refractivity contribution in [3.63, 3.8) is 0 Å². The molecule has 7 nitrogen and oxygen atoms in total. The molecule has 4 aliphatic heterocycles. The van der Waals surface area contributed by atoms with Gasteiger partial charge in [0.25, 0.3) is 0 Å². The topological polar surface area (TPSA) is 68.3 Å². The number of benzene rings is 1. The van der Waals surface area contributed by atoms with Crippen LogP contribution in [0.15, 0.2) is 18.2 Å². The number of piperazine rings is 1. The minimum absolute atomic E-state index is 0.0180. The number of methoxy groups -OCH3 is 1. The van der Waals surface area contributed by atoms with E-state index in [1.807, 2.05) is 4.90 Å². The van der Waals surface area contributed by atoms with E-state index in [0.717, 1.165) is 37.7 Å². The molecule has 1 atom stereocenters. The summed E-state index contributed by atoms with van der Waals surface area (Å²) in [5.74, 6) is 1.38. The number of ether oxygens (including phenoxy) is 1. The van der Waals surface area contributed by atoms with Gasteiger partial charge in [0.1, 0.15) is 0 Å². The van der Waals surface area contributed by atoms with Crippen LogP contribution in [-0.4, -0.2) is 84.8 Å². The maximum absolute atomic E-state index is 12.5. The Hall–Kier alpha value is -1.99. The molecule has 0 saturated carbocycles. The van der Waals surface area contributed by atoms with Crippen molar-refractivity contribution in [2.24, 2.45) is 5.92 Å². The van der Waals surface area contributed by atoms with Crippen molar-refractivity contribution in [1.82, 2.24) is 20.0 Å². The van der Waals surface area contributed by atoms with Crippen molar-refractivity contribution in [2.75, 3.05) is 52.9 Å². The summed E-state index contributed by atoms with van der Waals surface area (Å²) >= 11 is 0. The van der Waals surface area contributed by atoms with Crippen LogP contribution in [0.25, 0.3) is 0 Å². The summed E-state index contributed by atoms with van der Waals surface area (Å²) in [5.41, 5.74) is 0.906. The second-order valence-electron chi connectivity index (χ2n) is 7.89. The molecule has 2 N–H and O–H groups in total. The van der Waals surface area contributed by atoms with Crippen molar-refractivity contribution in [3.8, 4) is 11.5 Å². The Kier molecular flexibility index (Phi) is 5.41. The minimum Gasteiger partial charge on any atom is -0.504 e. The quantitative estimate of drug-likeness (QED) is 0.832. The van der Waals surface area contributed by atoms with Gasteiger partial charge in [-0.3, -0.25) is 4.90 Å². The molecule has 4 fully saturated rings. The number of fused-ring (bicyclic) bond motifs is 3. The molecule has 1 unspecified atom stereocenters. The lowest BCUT2D eigenvalue weighted by atomic mass is 9.83. The van der Waals surface area contributed by atoms with Crippen LogP contribution in [0.5, 0.6) is 11.5 Å². The molecule has 2 amide bonds. The number of nitrogens with one attached hydrogen (secondary N) is 1. The zero-order valence-corrected chi connectivity index (χ0v) is 16.1. The highest BCUT2D eigenvalue weighted by Gasteiger charge is 2.38. The van der Waals surface area contributed by atoms with Gasteiger partial charge in [-0.2, -0.15) is 0 Å². The van der Waals surface area contributed by atoms with E-state index in [-0.39, 0.29) is 11.8 Å². The van der Waals surface area contributed by atoms with E-state index in [2.05, 4.69) is 15.1 Å². The number of amides is 2. The fourth-order valence-corrected chi connectivity index (χ4v) is 4.73. The molecule has 0 aliphatic carbocycles. The summed E-state index contributed by atoms with van der Waals surface area (Å²) in [6, 6.07) is 5.80. The van der Waals surface area contributed by atoms with E-state index in [4.69, 9.17) is 4.74 Å². The zero-order valence-electron chi connectivity index (χ0n) is 16.1. The van der Waals surface area contributed by atoms with E-state index in [0.29, 0.717) is 18.3 Å². The fraction of sp³-hybridized carbons (Fsp3) is 0.650. The van der Waals surface area contributed by atoms with Crippen LogP contribution in [0.2, 0.25) is 0 Å². The predicted octanol–water partition coefficient (Wildman–Crippen LogP) is 1.32. The number of aromatic hydroxyl groups is 1. The maximum atomic E-state index is 12.5. The molecular formula is C20H30N4O3. The fourth-order valence-electron chi connectivity index (χ4n) is 4.73. The number of phenols is 1. The SMILES string of the molecule is COc1cc(CNC(=O)N2CCN(C3CN4CCC3CC4)CC2)ccc1O. The molecule has 7 heteroatoms. The van der Waals surface area contributed by atoms with Crippen molar-refractivity contribution in [3.05, 3.63) is 23.8 Å². The molecule has 5 rings (SSSR count). The molecule has 4 heterocycles. The summed E-state index contributed by atoms with van der Waals surface area (Å²) in [4.78, 5) is 19.6. The monoisotopic (exact) mass is 374 g/mol. The Morgan fingerprint density at radius 1 is 1.19 bits per heavy atom. The van der Waals surface area contributed by atoms with E-state index < -0.39 is 0 Å². The molecular weight excluding hydrogens is 344 g/mol. The van der Waals surface area contributed by atoms with Gasteiger partial charge in [0.15, 0.2) is 11.5 Å². The third-order valence-corrected chi connectivity index (χ3v) is 6.38. The summed E-state index contributed by atoms with van der Waals surface area (Å²) < 4.78 is 5.12. The third-order valence-electron chi connectivity index (χ3n) is 6.38. The van der Waals surface area contributed by atoms with Crippen LogP contribution in [-0.2, 0) is 6.54 Å².